The molecule has 0 saturated carbocycles. The summed E-state index contributed by atoms with van der Waals surface area (Å²) < 4.78 is 1.87. The summed E-state index contributed by atoms with van der Waals surface area (Å²) in [5.74, 6) is 0.502. The fraction of sp³-hybridized carbons (Fsp3) is 0.455. The Morgan fingerprint density at radius 3 is 2.88 bits per heavy atom. The van der Waals surface area contributed by atoms with Gasteiger partial charge in [0.05, 0.1) is 27.8 Å². The zero-order valence-corrected chi connectivity index (χ0v) is 11.6. The molecule has 17 heavy (non-hydrogen) atoms. The van der Waals surface area contributed by atoms with E-state index in [1.165, 1.54) is 5.01 Å². The van der Waals surface area contributed by atoms with Crippen LogP contribution in [0.4, 0.5) is 0 Å². The Bertz CT molecular complexity index is 467. The van der Waals surface area contributed by atoms with E-state index in [0.717, 1.165) is 31.5 Å². The third-order valence-electron chi connectivity index (χ3n) is 2.37. The topological polar surface area (TPSA) is 30.7 Å². The minimum Gasteiger partial charge on any atom is -0.271 e. The van der Waals surface area contributed by atoms with Crippen LogP contribution in [-0.4, -0.2) is 14.8 Å². The summed E-state index contributed by atoms with van der Waals surface area (Å²) in [5, 5.41) is 8.01. The number of aromatic nitrogens is 3. The molecule has 2 aromatic heterocycles. The second-order valence-electron chi connectivity index (χ2n) is 3.74. The average Bonchev–Trinajstić information content (AvgIpc) is 2.93. The number of hydrogen-bond donors (Lipinski definition) is 0. The van der Waals surface area contributed by atoms with Crippen LogP contribution in [0.2, 0.25) is 5.02 Å². The summed E-state index contributed by atoms with van der Waals surface area (Å²) in [7, 11) is 0. The summed E-state index contributed by atoms with van der Waals surface area (Å²) in [6.07, 6.45) is 6.70. The lowest BCUT2D eigenvalue weighted by Crippen LogP contribution is -1.98. The molecule has 0 radical (unpaired) electrons. The summed E-state index contributed by atoms with van der Waals surface area (Å²) in [6, 6.07) is 0. The fourth-order valence-corrected chi connectivity index (χ4v) is 2.76. The molecule has 0 amide bonds. The lowest BCUT2D eigenvalue weighted by atomic mass is 10.2. The Labute approximate surface area is 114 Å². The highest BCUT2D eigenvalue weighted by molar-refractivity contribution is 7.09. The number of halogens is 2. The van der Waals surface area contributed by atoms with E-state index in [0.29, 0.717) is 10.9 Å². The quantitative estimate of drug-likeness (QED) is 0.599. The molecule has 0 spiro atoms. The fourth-order valence-electron chi connectivity index (χ4n) is 1.54. The molecule has 92 valence electrons. The Kier molecular flexibility index (Phi) is 4.83. The molecule has 0 fully saturated rings. The van der Waals surface area contributed by atoms with Gasteiger partial charge in [0.15, 0.2) is 0 Å². The van der Waals surface area contributed by atoms with Crippen LogP contribution in [0, 0.1) is 0 Å². The van der Waals surface area contributed by atoms with Crippen LogP contribution in [-0.2, 0) is 18.8 Å². The average molecular weight is 290 g/mol. The van der Waals surface area contributed by atoms with E-state index < -0.39 is 0 Å². The number of unbranched alkanes of at least 4 members (excludes halogenated alkanes) is 1. The number of hydrogen-bond acceptors (Lipinski definition) is 3. The number of alkyl halides is 1. The maximum Gasteiger partial charge on any atom is 0.0928 e. The molecule has 0 aliphatic carbocycles. The van der Waals surface area contributed by atoms with Crippen molar-refractivity contribution in [1.82, 2.24) is 14.8 Å². The Hall–Kier alpha value is -0.580. The first kappa shape index (κ1) is 12.9. The largest absolute Gasteiger partial charge is 0.271 e. The highest BCUT2D eigenvalue weighted by atomic mass is 35.5. The van der Waals surface area contributed by atoms with Crippen molar-refractivity contribution >= 4 is 34.5 Å². The van der Waals surface area contributed by atoms with Gasteiger partial charge in [-0.25, -0.2) is 4.98 Å². The van der Waals surface area contributed by atoms with Gasteiger partial charge in [0, 0.05) is 18.1 Å². The molecule has 0 saturated heterocycles. The molecule has 0 atom stereocenters. The van der Waals surface area contributed by atoms with Gasteiger partial charge in [-0.2, -0.15) is 5.10 Å². The molecular weight excluding hydrogens is 277 g/mol. The van der Waals surface area contributed by atoms with Crippen LogP contribution in [0.3, 0.4) is 0 Å². The number of aryl methyl sites for hydroxylation is 2. The predicted molar refractivity (Wildman–Crippen MR) is 71.8 cm³/mol. The van der Waals surface area contributed by atoms with Crippen LogP contribution in [0.25, 0.3) is 0 Å². The SMILES string of the molecule is ClCc1csc(CCCCn2cc(Cl)cn2)n1. The third kappa shape index (κ3) is 3.98. The minimum atomic E-state index is 0.502. The van der Waals surface area contributed by atoms with E-state index in [4.69, 9.17) is 23.2 Å². The van der Waals surface area contributed by atoms with Gasteiger partial charge in [0.25, 0.3) is 0 Å². The predicted octanol–water partition coefficient (Wildman–Crippen LogP) is 3.75. The second-order valence-corrected chi connectivity index (χ2v) is 5.39. The van der Waals surface area contributed by atoms with Gasteiger partial charge in [-0.15, -0.1) is 22.9 Å². The van der Waals surface area contributed by atoms with Gasteiger partial charge in [0.2, 0.25) is 0 Å². The molecule has 0 bridgehead atoms. The van der Waals surface area contributed by atoms with Crippen LogP contribution >= 0.6 is 34.5 Å². The zero-order chi connectivity index (χ0) is 12.1. The first-order chi connectivity index (χ1) is 8.28. The minimum absolute atomic E-state index is 0.502. The molecule has 6 heteroatoms. The van der Waals surface area contributed by atoms with E-state index in [9.17, 15) is 0 Å². The standard InChI is InChI=1S/C11H13Cl2N3S/c12-5-10-8-17-11(15-10)3-1-2-4-16-7-9(13)6-14-16/h6-8H,1-5H2. The van der Waals surface area contributed by atoms with Gasteiger partial charge in [0.1, 0.15) is 0 Å². The van der Waals surface area contributed by atoms with E-state index in [1.807, 2.05) is 16.3 Å². The lowest BCUT2D eigenvalue weighted by molar-refractivity contribution is 0.557. The van der Waals surface area contributed by atoms with Crippen LogP contribution in [0.1, 0.15) is 23.5 Å². The number of nitrogens with zero attached hydrogens (tertiary/aromatic N) is 3. The molecule has 2 rings (SSSR count). The normalized spacial score (nSPS) is 10.9. The summed E-state index contributed by atoms with van der Waals surface area (Å²) >= 11 is 13.2. The van der Waals surface area contributed by atoms with Gasteiger partial charge in [-0.3, -0.25) is 4.68 Å². The number of rotatable bonds is 6. The maximum atomic E-state index is 5.78. The van der Waals surface area contributed by atoms with E-state index in [2.05, 4.69) is 10.1 Å². The summed E-state index contributed by atoms with van der Waals surface area (Å²) in [4.78, 5) is 4.42. The van der Waals surface area contributed by atoms with Gasteiger partial charge in [-0.05, 0) is 19.3 Å². The summed E-state index contributed by atoms with van der Waals surface area (Å²) in [6.45, 7) is 0.903. The maximum absolute atomic E-state index is 5.78. The van der Waals surface area contributed by atoms with Crippen LogP contribution in [0.15, 0.2) is 17.8 Å². The highest BCUT2D eigenvalue weighted by Crippen LogP contribution is 2.14. The van der Waals surface area contributed by atoms with Gasteiger partial charge >= 0.3 is 0 Å². The van der Waals surface area contributed by atoms with E-state index >= 15 is 0 Å². The Morgan fingerprint density at radius 2 is 2.24 bits per heavy atom. The van der Waals surface area contributed by atoms with Crippen molar-refractivity contribution in [2.45, 2.75) is 31.7 Å². The molecule has 0 unspecified atom stereocenters. The smallest absolute Gasteiger partial charge is 0.0928 e. The zero-order valence-electron chi connectivity index (χ0n) is 9.27. The Balaban J connectivity index is 1.69. The second kappa shape index (κ2) is 6.38. The molecule has 0 aromatic carbocycles. The van der Waals surface area contributed by atoms with Crippen molar-refractivity contribution in [3.63, 3.8) is 0 Å². The van der Waals surface area contributed by atoms with Crippen LogP contribution in [0.5, 0.6) is 0 Å². The Morgan fingerprint density at radius 1 is 1.35 bits per heavy atom. The van der Waals surface area contributed by atoms with Crippen molar-refractivity contribution in [3.8, 4) is 0 Å². The molecule has 0 N–H and O–H groups in total. The first-order valence-corrected chi connectivity index (χ1v) is 7.24. The van der Waals surface area contributed by atoms with Crippen molar-refractivity contribution in [2.24, 2.45) is 0 Å². The van der Waals surface area contributed by atoms with E-state index in [-0.39, 0.29) is 0 Å². The van der Waals surface area contributed by atoms with E-state index in [1.54, 1.807) is 17.5 Å². The molecule has 2 heterocycles. The molecule has 3 nitrogen and oxygen atoms in total. The molecular formula is C11H13Cl2N3S. The van der Waals surface area contributed by atoms with Crippen molar-refractivity contribution in [1.29, 1.82) is 0 Å². The van der Waals surface area contributed by atoms with Gasteiger partial charge < -0.3 is 0 Å². The van der Waals surface area contributed by atoms with Crippen LogP contribution < -0.4 is 0 Å². The molecule has 2 aromatic rings. The van der Waals surface area contributed by atoms with Crippen molar-refractivity contribution in [3.05, 3.63) is 33.5 Å². The first-order valence-electron chi connectivity index (χ1n) is 5.45. The third-order valence-corrected chi connectivity index (χ3v) is 3.79. The monoisotopic (exact) mass is 289 g/mol. The molecule has 0 aliphatic rings. The van der Waals surface area contributed by atoms with Crippen molar-refractivity contribution in [2.75, 3.05) is 0 Å². The molecule has 0 aliphatic heterocycles. The van der Waals surface area contributed by atoms with Gasteiger partial charge in [-0.1, -0.05) is 11.6 Å². The lowest BCUT2D eigenvalue weighted by Gasteiger charge is -1.99. The number of thiazole rings is 1. The van der Waals surface area contributed by atoms with Crippen molar-refractivity contribution < 1.29 is 0 Å². The summed E-state index contributed by atoms with van der Waals surface area (Å²) in [5.41, 5.74) is 0.977. The highest BCUT2D eigenvalue weighted by Gasteiger charge is 2.01.